The van der Waals surface area contributed by atoms with Gasteiger partial charge in [0.15, 0.2) is 0 Å². The van der Waals surface area contributed by atoms with Gasteiger partial charge in [-0.25, -0.2) is 0 Å². The van der Waals surface area contributed by atoms with Crippen LogP contribution < -0.4 is 0 Å². The number of hydrogen-bond donors (Lipinski definition) is 0. The lowest BCUT2D eigenvalue weighted by atomic mass is 9.70. The third-order valence-electron chi connectivity index (χ3n) is 6.77. The van der Waals surface area contributed by atoms with Gasteiger partial charge in [0.05, 0.1) is 5.92 Å². The molecular weight excluding hydrogens is 224 g/mol. The van der Waals surface area contributed by atoms with E-state index in [1.54, 1.807) is 0 Å². The third kappa shape index (κ3) is 1.44. The maximum absolute atomic E-state index is 12.2. The second-order valence-corrected chi connectivity index (χ2v) is 8.28. The molecule has 0 spiro atoms. The molecule has 0 aromatic heterocycles. The lowest BCUT2D eigenvalue weighted by Crippen LogP contribution is -2.38. The molecule has 3 aliphatic rings. The molecule has 0 aromatic carbocycles. The van der Waals surface area contributed by atoms with Gasteiger partial charge in [-0.15, -0.1) is 0 Å². The molecule has 0 heterocycles. The highest BCUT2D eigenvalue weighted by molar-refractivity contribution is 5.77. The standard InChI is InChI=1S/C16H26O2/c1-14(2)9-11(14)13(17)18-12-8-10-6-7-16(12,5)15(10,3)4/h10-12H,6-9H2,1-5H3/t10-,11-,12-,16-/m1/s1. The summed E-state index contributed by atoms with van der Waals surface area (Å²) in [5.41, 5.74) is 0.717. The van der Waals surface area contributed by atoms with Gasteiger partial charge in [0, 0.05) is 5.41 Å². The Morgan fingerprint density at radius 3 is 2.17 bits per heavy atom. The van der Waals surface area contributed by atoms with E-state index in [0.717, 1.165) is 18.8 Å². The van der Waals surface area contributed by atoms with Gasteiger partial charge in [0.2, 0.25) is 0 Å². The van der Waals surface area contributed by atoms with Crippen LogP contribution >= 0.6 is 0 Å². The molecule has 0 radical (unpaired) electrons. The van der Waals surface area contributed by atoms with Crippen molar-refractivity contribution in [2.45, 2.75) is 66.4 Å². The smallest absolute Gasteiger partial charge is 0.309 e. The van der Waals surface area contributed by atoms with Crippen molar-refractivity contribution >= 4 is 5.97 Å². The first-order valence-electron chi connectivity index (χ1n) is 7.39. The first-order valence-corrected chi connectivity index (χ1v) is 7.39. The highest BCUT2D eigenvalue weighted by atomic mass is 16.5. The van der Waals surface area contributed by atoms with Crippen LogP contribution in [-0.4, -0.2) is 12.1 Å². The summed E-state index contributed by atoms with van der Waals surface area (Å²) < 4.78 is 5.90. The fourth-order valence-corrected chi connectivity index (χ4v) is 4.40. The zero-order chi connectivity index (χ0) is 13.3. The molecule has 0 aromatic rings. The summed E-state index contributed by atoms with van der Waals surface area (Å²) >= 11 is 0. The molecule has 18 heavy (non-hydrogen) atoms. The molecule has 4 atom stereocenters. The van der Waals surface area contributed by atoms with Crippen molar-refractivity contribution in [2.24, 2.45) is 28.1 Å². The molecule has 0 unspecified atom stereocenters. The van der Waals surface area contributed by atoms with Crippen molar-refractivity contribution in [3.05, 3.63) is 0 Å². The van der Waals surface area contributed by atoms with Gasteiger partial charge in [-0.2, -0.15) is 0 Å². The van der Waals surface area contributed by atoms with Gasteiger partial charge < -0.3 is 4.74 Å². The zero-order valence-corrected chi connectivity index (χ0v) is 12.4. The molecule has 0 amide bonds. The summed E-state index contributed by atoms with van der Waals surface area (Å²) in [4.78, 5) is 12.2. The van der Waals surface area contributed by atoms with Gasteiger partial charge in [0.25, 0.3) is 0 Å². The van der Waals surface area contributed by atoms with E-state index < -0.39 is 0 Å². The van der Waals surface area contributed by atoms with E-state index in [1.165, 1.54) is 12.8 Å². The van der Waals surface area contributed by atoms with Crippen LogP contribution in [0.25, 0.3) is 0 Å². The molecule has 2 nitrogen and oxygen atoms in total. The van der Waals surface area contributed by atoms with E-state index in [1.807, 2.05) is 0 Å². The van der Waals surface area contributed by atoms with Crippen molar-refractivity contribution in [3.63, 3.8) is 0 Å². The number of hydrogen-bond acceptors (Lipinski definition) is 2. The van der Waals surface area contributed by atoms with Gasteiger partial charge in [-0.1, -0.05) is 34.6 Å². The second kappa shape index (κ2) is 3.32. The molecule has 3 aliphatic carbocycles. The second-order valence-electron chi connectivity index (χ2n) is 8.28. The van der Waals surface area contributed by atoms with Crippen LogP contribution in [0.1, 0.15) is 60.3 Å². The molecular formula is C16H26O2. The molecule has 2 bridgehead atoms. The quantitative estimate of drug-likeness (QED) is 0.697. The van der Waals surface area contributed by atoms with E-state index in [9.17, 15) is 4.79 Å². The molecule has 0 saturated heterocycles. The van der Waals surface area contributed by atoms with E-state index in [2.05, 4.69) is 34.6 Å². The Hall–Kier alpha value is -0.530. The van der Waals surface area contributed by atoms with E-state index in [0.29, 0.717) is 5.41 Å². The minimum absolute atomic E-state index is 0.0644. The Labute approximate surface area is 110 Å². The first kappa shape index (κ1) is 12.5. The predicted molar refractivity (Wildman–Crippen MR) is 71.0 cm³/mol. The average Bonchev–Trinajstić information content (AvgIpc) is 2.78. The Morgan fingerprint density at radius 1 is 1.17 bits per heavy atom. The Kier molecular flexibility index (Phi) is 2.30. The Balaban J connectivity index is 1.71. The van der Waals surface area contributed by atoms with E-state index >= 15 is 0 Å². The summed E-state index contributed by atoms with van der Waals surface area (Å²) in [7, 11) is 0. The van der Waals surface area contributed by atoms with Crippen LogP contribution in [0.15, 0.2) is 0 Å². The van der Waals surface area contributed by atoms with Crippen molar-refractivity contribution < 1.29 is 9.53 Å². The number of fused-ring (bicyclic) bond motifs is 2. The van der Waals surface area contributed by atoms with Crippen molar-refractivity contribution in [1.82, 2.24) is 0 Å². The molecule has 3 rings (SSSR count). The van der Waals surface area contributed by atoms with Crippen LogP contribution in [0.4, 0.5) is 0 Å². The van der Waals surface area contributed by atoms with Gasteiger partial charge in [-0.3, -0.25) is 4.79 Å². The SMILES string of the molecule is CC1(C)C[C@@H]1C(=O)O[C@@H]1C[C@H]2CC[C@@]1(C)C2(C)C. The molecule has 0 aliphatic heterocycles. The van der Waals surface area contributed by atoms with Crippen LogP contribution in [0.5, 0.6) is 0 Å². The molecule has 3 fully saturated rings. The van der Waals surface area contributed by atoms with Crippen molar-refractivity contribution in [3.8, 4) is 0 Å². The summed E-state index contributed by atoms with van der Waals surface area (Å²) in [6.07, 6.45) is 4.78. The van der Waals surface area contributed by atoms with Crippen LogP contribution in [0.3, 0.4) is 0 Å². The molecule has 3 saturated carbocycles. The molecule has 0 N–H and O–H groups in total. The Morgan fingerprint density at radius 2 is 1.78 bits per heavy atom. The van der Waals surface area contributed by atoms with Gasteiger partial charge in [-0.05, 0) is 42.4 Å². The third-order valence-corrected chi connectivity index (χ3v) is 6.77. The van der Waals surface area contributed by atoms with Gasteiger partial charge in [0.1, 0.15) is 6.10 Å². The fraction of sp³-hybridized carbons (Fsp3) is 0.938. The highest BCUT2D eigenvalue weighted by Crippen LogP contribution is 2.66. The maximum atomic E-state index is 12.2. The minimum Gasteiger partial charge on any atom is -0.462 e. The van der Waals surface area contributed by atoms with E-state index in [4.69, 9.17) is 4.74 Å². The molecule has 2 heteroatoms. The number of carbonyl (C=O) groups is 1. The number of ether oxygens (including phenoxy) is 1. The normalized spacial score (nSPS) is 47.1. The summed E-state index contributed by atoms with van der Waals surface area (Å²) in [6.45, 7) is 11.4. The fourth-order valence-electron chi connectivity index (χ4n) is 4.40. The van der Waals surface area contributed by atoms with Crippen molar-refractivity contribution in [2.75, 3.05) is 0 Å². The maximum Gasteiger partial charge on any atom is 0.309 e. The topological polar surface area (TPSA) is 26.3 Å². The summed E-state index contributed by atoms with van der Waals surface area (Å²) in [6, 6.07) is 0. The van der Waals surface area contributed by atoms with Crippen LogP contribution in [0.2, 0.25) is 0 Å². The van der Waals surface area contributed by atoms with E-state index in [-0.39, 0.29) is 28.8 Å². The lowest BCUT2D eigenvalue weighted by Gasteiger charge is -2.38. The number of rotatable bonds is 2. The van der Waals surface area contributed by atoms with Gasteiger partial charge >= 0.3 is 5.97 Å². The Bertz CT molecular complexity index is 396. The molecule has 102 valence electrons. The minimum atomic E-state index is 0.0644. The highest BCUT2D eigenvalue weighted by Gasteiger charge is 2.63. The van der Waals surface area contributed by atoms with Crippen molar-refractivity contribution in [1.29, 1.82) is 0 Å². The predicted octanol–water partition coefficient (Wildman–Crippen LogP) is 3.79. The zero-order valence-electron chi connectivity index (χ0n) is 12.4. The number of esters is 1. The first-order chi connectivity index (χ1) is 8.18. The largest absolute Gasteiger partial charge is 0.462 e. The summed E-state index contributed by atoms with van der Waals surface area (Å²) in [5, 5.41) is 0. The van der Waals surface area contributed by atoms with Crippen LogP contribution in [-0.2, 0) is 9.53 Å². The lowest BCUT2D eigenvalue weighted by molar-refractivity contribution is -0.159. The monoisotopic (exact) mass is 250 g/mol. The average molecular weight is 250 g/mol. The number of carbonyl (C=O) groups excluding carboxylic acids is 1. The van der Waals surface area contributed by atoms with Crippen LogP contribution in [0, 0.1) is 28.1 Å². The summed E-state index contributed by atoms with van der Waals surface area (Å²) in [5.74, 6) is 0.963.